The maximum atomic E-state index is 12.2. The van der Waals surface area contributed by atoms with Crippen molar-refractivity contribution in [3.63, 3.8) is 0 Å². The van der Waals surface area contributed by atoms with Crippen molar-refractivity contribution in [2.45, 2.75) is 6.42 Å². The summed E-state index contributed by atoms with van der Waals surface area (Å²) in [7, 11) is 3.30. The summed E-state index contributed by atoms with van der Waals surface area (Å²) in [6.45, 7) is 0.812. The first-order valence-corrected chi connectivity index (χ1v) is 7.73. The van der Waals surface area contributed by atoms with Gasteiger partial charge in [0, 0.05) is 19.2 Å². The fourth-order valence-electron chi connectivity index (χ4n) is 2.14. The Morgan fingerprint density at radius 3 is 2.24 bits per heavy atom. The van der Waals surface area contributed by atoms with Crippen molar-refractivity contribution in [2.75, 3.05) is 27.3 Å². The highest BCUT2D eigenvalue weighted by Crippen LogP contribution is 2.17. The lowest BCUT2D eigenvalue weighted by atomic mass is 10.1. The fraction of sp³-hybridized carbons (Fsp3) is 0.278. The summed E-state index contributed by atoms with van der Waals surface area (Å²) in [5.74, 6) is 1.38. The molecule has 7 nitrogen and oxygen atoms in total. The van der Waals surface area contributed by atoms with E-state index in [0.717, 1.165) is 11.3 Å². The van der Waals surface area contributed by atoms with Crippen LogP contribution in [0.2, 0.25) is 0 Å². The SMILES string of the molecule is COc1ccc(OCCN(C)C(=O)Cc2ccc([N+](=O)[O-])cc2)cc1. The first kappa shape index (κ1) is 18.3. The number of benzene rings is 2. The third-order valence-electron chi connectivity index (χ3n) is 3.68. The predicted molar refractivity (Wildman–Crippen MR) is 92.9 cm³/mol. The van der Waals surface area contributed by atoms with Gasteiger partial charge in [-0.15, -0.1) is 0 Å². The van der Waals surface area contributed by atoms with Crippen LogP contribution in [0, 0.1) is 10.1 Å². The summed E-state index contributed by atoms with van der Waals surface area (Å²) >= 11 is 0. The van der Waals surface area contributed by atoms with E-state index in [1.54, 1.807) is 55.5 Å². The molecule has 2 aromatic carbocycles. The number of methoxy groups -OCH3 is 1. The first-order chi connectivity index (χ1) is 12.0. The monoisotopic (exact) mass is 344 g/mol. The number of carbonyl (C=O) groups is 1. The zero-order valence-electron chi connectivity index (χ0n) is 14.2. The highest BCUT2D eigenvalue weighted by molar-refractivity contribution is 5.78. The van der Waals surface area contributed by atoms with Gasteiger partial charge in [0.25, 0.3) is 5.69 Å². The number of amides is 1. The number of rotatable bonds is 8. The van der Waals surface area contributed by atoms with Crippen LogP contribution in [-0.4, -0.2) is 43.0 Å². The summed E-state index contributed by atoms with van der Waals surface area (Å²) in [6, 6.07) is 13.2. The summed E-state index contributed by atoms with van der Waals surface area (Å²) in [5.41, 5.74) is 0.746. The van der Waals surface area contributed by atoms with Crippen molar-refractivity contribution in [1.29, 1.82) is 0 Å². The topological polar surface area (TPSA) is 81.9 Å². The predicted octanol–water partition coefficient (Wildman–Crippen LogP) is 2.68. The van der Waals surface area contributed by atoms with Crippen LogP contribution in [0.5, 0.6) is 11.5 Å². The lowest BCUT2D eigenvalue weighted by Crippen LogP contribution is -2.32. The van der Waals surface area contributed by atoms with Gasteiger partial charge in [0.15, 0.2) is 0 Å². The molecule has 0 aliphatic rings. The van der Waals surface area contributed by atoms with Gasteiger partial charge in [-0.25, -0.2) is 0 Å². The number of carbonyl (C=O) groups excluding carboxylic acids is 1. The van der Waals surface area contributed by atoms with Crippen LogP contribution in [0.25, 0.3) is 0 Å². The van der Waals surface area contributed by atoms with E-state index in [-0.39, 0.29) is 18.0 Å². The Morgan fingerprint density at radius 2 is 1.68 bits per heavy atom. The molecule has 1 amide bonds. The standard InChI is InChI=1S/C18H20N2O5/c1-19(11-12-25-17-9-7-16(24-2)8-10-17)18(21)13-14-3-5-15(6-4-14)20(22)23/h3-10H,11-13H2,1-2H3. The summed E-state index contributed by atoms with van der Waals surface area (Å²) in [5, 5.41) is 10.6. The van der Waals surface area contributed by atoms with Crippen molar-refractivity contribution >= 4 is 11.6 Å². The van der Waals surface area contributed by atoms with Crippen LogP contribution in [0.15, 0.2) is 48.5 Å². The Morgan fingerprint density at radius 1 is 1.08 bits per heavy atom. The van der Waals surface area contributed by atoms with E-state index >= 15 is 0 Å². The normalized spacial score (nSPS) is 10.2. The molecule has 0 atom stereocenters. The second-order valence-electron chi connectivity index (χ2n) is 5.44. The van der Waals surface area contributed by atoms with Gasteiger partial charge in [-0.1, -0.05) is 12.1 Å². The van der Waals surface area contributed by atoms with Gasteiger partial charge in [-0.3, -0.25) is 14.9 Å². The molecule has 0 fully saturated rings. The van der Waals surface area contributed by atoms with Gasteiger partial charge in [0.2, 0.25) is 5.91 Å². The Balaban J connectivity index is 1.78. The Labute approximate surface area is 145 Å². The molecule has 0 heterocycles. The minimum absolute atomic E-state index is 0.0115. The van der Waals surface area contributed by atoms with Crippen LogP contribution in [0.4, 0.5) is 5.69 Å². The average Bonchev–Trinajstić information content (AvgIpc) is 2.62. The number of ether oxygens (including phenoxy) is 2. The number of hydrogen-bond acceptors (Lipinski definition) is 5. The molecule has 0 bridgehead atoms. The molecule has 0 saturated heterocycles. The molecule has 0 aromatic heterocycles. The van der Waals surface area contributed by atoms with E-state index in [4.69, 9.17) is 9.47 Å². The number of non-ortho nitro benzene ring substituents is 1. The van der Waals surface area contributed by atoms with Crippen molar-refractivity contribution in [1.82, 2.24) is 4.90 Å². The van der Waals surface area contributed by atoms with Crippen LogP contribution < -0.4 is 9.47 Å². The molecule has 0 N–H and O–H groups in total. The van der Waals surface area contributed by atoms with Gasteiger partial charge in [-0.2, -0.15) is 0 Å². The van der Waals surface area contributed by atoms with Gasteiger partial charge >= 0.3 is 0 Å². The summed E-state index contributed by atoms with van der Waals surface area (Å²) < 4.78 is 10.7. The quantitative estimate of drug-likeness (QED) is 0.543. The van der Waals surface area contributed by atoms with Crippen molar-refractivity contribution < 1.29 is 19.2 Å². The number of nitro benzene ring substituents is 1. The van der Waals surface area contributed by atoms with Crippen molar-refractivity contribution in [3.05, 3.63) is 64.2 Å². The second kappa shape index (κ2) is 8.68. The van der Waals surface area contributed by atoms with E-state index in [1.165, 1.54) is 12.1 Å². The second-order valence-corrected chi connectivity index (χ2v) is 5.44. The molecule has 0 aliphatic heterocycles. The van der Waals surface area contributed by atoms with Crippen molar-refractivity contribution in [2.24, 2.45) is 0 Å². The number of likely N-dealkylation sites (N-methyl/N-ethyl adjacent to an activating group) is 1. The zero-order valence-corrected chi connectivity index (χ0v) is 14.2. The molecule has 2 aromatic rings. The van der Waals surface area contributed by atoms with Gasteiger partial charge in [0.1, 0.15) is 18.1 Å². The molecule has 0 aliphatic carbocycles. The molecule has 0 radical (unpaired) electrons. The molecule has 25 heavy (non-hydrogen) atoms. The Kier molecular flexibility index (Phi) is 6.33. The molecule has 132 valence electrons. The van der Waals surface area contributed by atoms with Crippen molar-refractivity contribution in [3.8, 4) is 11.5 Å². The van der Waals surface area contributed by atoms with Gasteiger partial charge in [0.05, 0.1) is 25.0 Å². The first-order valence-electron chi connectivity index (χ1n) is 7.73. The van der Waals surface area contributed by atoms with Gasteiger partial charge < -0.3 is 14.4 Å². The number of nitrogens with zero attached hydrogens (tertiary/aromatic N) is 2. The molecule has 0 saturated carbocycles. The smallest absolute Gasteiger partial charge is 0.269 e. The number of nitro groups is 1. The molecule has 0 unspecified atom stereocenters. The highest BCUT2D eigenvalue weighted by atomic mass is 16.6. The lowest BCUT2D eigenvalue weighted by molar-refractivity contribution is -0.384. The average molecular weight is 344 g/mol. The Bertz CT molecular complexity index is 713. The van der Waals surface area contributed by atoms with Crippen LogP contribution in [0.1, 0.15) is 5.56 Å². The van der Waals surface area contributed by atoms with E-state index in [2.05, 4.69) is 0 Å². The maximum Gasteiger partial charge on any atom is 0.269 e. The molecule has 0 spiro atoms. The Hall–Kier alpha value is -3.09. The summed E-state index contributed by atoms with van der Waals surface area (Å²) in [4.78, 5) is 23.9. The maximum absolute atomic E-state index is 12.2. The minimum Gasteiger partial charge on any atom is -0.497 e. The third kappa shape index (κ3) is 5.49. The largest absolute Gasteiger partial charge is 0.497 e. The molecular formula is C18H20N2O5. The molecule has 2 rings (SSSR count). The fourth-order valence-corrected chi connectivity index (χ4v) is 2.14. The van der Waals surface area contributed by atoms with Crippen LogP contribution in [-0.2, 0) is 11.2 Å². The zero-order chi connectivity index (χ0) is 18.2. The van der Waals surface area contributed by atoms with Crippen LogP contribution >= 0.6 is 0 Å². The molecular weight excluding hydrogens is 324 g/mol. The van der Waals surface area contributed by atoms with E-state index in [1.807, 2.05) is 0 Å². The van der Waals surface area contributed by atoms with Crippen LogP contribution in [0.3, 0.4) is 0 Å². The number of hydrogen-bond donors (Lipinski definition) is 0. The van der Waals surface area contributed by atoms with E-state index in [0.29, 0.717) is 18.9 Å². The van der Waals surface area contributed by atoms with E-state index < -0.39 is 4.92 Å². The minimum atomic E-state index is -0.464. The van der Waals surface area contributed by atoms with Gasteiger partial charge in [-0.05, 0) is 29.8 Å². The highest BCUT2D eigenvalue weighted by Gasteiger charge is 2.11. The van der Waals surface area contributed by atoms with E-state index in [9.17, 15) is 14.9 Å². The molecule has 7 heteroatoms. The summed E-state index contributed by atoms with van der Waals surface area (Å²) in [6.07, 6.45) is 0.191. The lowest BCUT2D eigenvalue weighted by Gasteiger charge is -2.17. The third-order valence-corrected chi connectivity index (χ3v) is 3.68.